The molecule has 1 atom stereocenters. The Kier molecular flexibility index (Phi) is 4.93. The van der Waals surface area contributed by atoms with Crippen LogP contribution in [0.2, 0.25) is 0 Å². The van der Waals surface area contributed by atoms with Crippen LogP contribution in [0.25, 0.3) is 0 Å². The number of hydrogen-bond donors (Lipinski definition) is 2. The number of nitrogens with zero attached hydrogens (tertiary/aromatic N) is 3. The lowest BCUT2D eigenvalue weighted by Gasteiger charge is -2.26. The van der Waals surface area contributed by atoms with E-state index < -0.39 is 0 Å². The summed E-state index contributed by atoms with van der Waals surface area (Å²) in [6.45, 7) is 5.43. The highest BCUT2D eigenvalue weighted by molar-refractivity contribution is 5.48. The van der Waals surface area contributed by atoms with Gasteiger partial charge in [-0.25, -0.2) is 9.97 Å². The number of aryl methyl sites for hydroxylation is 1. The lowest BCUT2D eigenvalue weighted by molar-refractivity contribution is 0.0749. The number of morpholine rings is 1. The number of aromatic nitrogens is 2. The van der Waals surface area contributed by atoms with Gasteiger partial charge in [-0.2, -0.15) is 0 Å². The number of anilines is 2. The fourth-order valence-corrected chi connectivity index (χ4v) is 2.14. The molecule has 0 spiro atoms. The maximum atomic E-state index is 5.46. The van der Waals surface area contributed by atoms with Gasteiger partial charge in [0.05, 0.1) is 13.2 Å². The van der Waals surface area contributed by atoms with Crippen molar-refractivity contribution in [2.24, 2.45) is 0 Å². The third-order valence-corrected chi connectivity index (χ3v) is 3.28. The normalized spacial score (nSPS) is 19.2. The maximum absolute atomic E-state index is 5.46. The molecule has 0 saturated carbocycles. The van der Waals surface area contributed by atoms with Gasteiger partial charge in [0, 0.05) is 39.3 Å². The van der Waals surface area contributed by atoms with E-state index >= 15 is 0 Å². The minimum atomic E-state index is 0.447. The zero-order valence-electron chi connectivity index (χ0n) is 11.9. The molecule has 6 nitrogen and oxygen atoms in total. The van der Waals surface area contributed by atoms with Gasteiger partial charge < -0.3 is 20.3 Å². The van der Waals surface area contributed by atoms with Crippen molar-refractivity contribution in [3.05, 3.63) is 11.9 Å². The van der Waals surface area contributed by atoms with Gasteiger partial charge in [-0.3, -0.25) is 0 Å². The molecule has 1 saturated heterocycles. The smallest absolute Gasteiger partial charge is 0.134 e. The molecule has 1 unspecified atom stereocenters. The molecular formula is C13H23N5O. The van der Waals surface area contributed by atoms with E-state index in [1.165, 1.54) is 0 Å². The first-order chi connectivity index (χ1) is 9.19. The molecule has 2 N–H and O–H groups in total. The zero-order chi connectivity index (χ0) is 13.7. The highest BCUT2D eigenvalue weighted by Crippen LogP contribution is 2.15. The van der Waals surface area contributed by atoms with Crippen molar-refractivity contribution in [2.45, 2.75) is 19.4 Å². The van der Waals surface area contributed by atoms with Gasteiger partial charge in [0.1, 0.15) is 17.5 Å². The molecule has 1 aromatic heterocycles. The lowest BCUT2D eigenvalue weighted by Crippen LogP contribution is -2.43. The first kappa shape index (κ1) is 14.0. The van der Waals surface area contributed by atoms with E-state index in [2.05, 4.69) is 32.5 Å². The summed E-state index contributed by atoms with van der Waals surface area (Å²) in [6, 6.07) is 2.42. The van der Waals surface area contributed by atoms with Crippen molar-refractivity contribution < 1.29 is 4.74 Å². The fourth-order valence-electron chi connectivity index (χ4n) is 2.14. The highest BCUT2D eigenvalue weighted by atomic mass is 16.5. The van der Waals surface area contributed by atoms with Gasteiger partial charge in [0.2, 0.25) is 0 Å². The Morgan fingerprint density at radius 3 is 3.05 bits per heavy atom. The molecule has 106 valence electrons. The lowest BCUT2D eigenvalue weighted by atomic mass is 10.2. The number of hydrogen-bond acceptors (Lipinski definition) is 6. The largest absolute Gasteiger partial charge is 0.379 e. The van der Waals surface area contributed by atoms with Gasteiger partial charge in [-0.15, -0.1) is 0 Å². The summed E-state index contributed by atoms with van der Waals surface area (Å²) in [4.78, 5) is 10.9. The van der Waals surface area contributed by atoms with Crippen LogP contribution in [0.1, 0.15) is 12.2 Å². The van der Waals surface area contributed by atoms with Crippen LogP contribution in [0.3, 0.4) is 0 Å². The standard InChI is InChI=1S/C13H23N5O/c1-10-16-12(14-2)8-13(17-10)18(3)6-4-11-9-19-7-5-15-11/h8,11,15H,4-7,9H2,1-3H3,(H,14,16,17). The SMILES string of the molecule is CNc1cc(N(C)CCC2COCCN2)nc(C)n1. The number of ether oxygens (including phenoxy) is 1. The van der Waals surface area contributed by atoms with Gasteiger partial charge in [-0.05, 0) is 13.3 Å². The molecule has 2 heterocycles. The molecule has 19 heavy (non-hydrogen) atoms. The van der Waals surface area contributed by atoms with Crippen molar-refractivity contribution in [1.82, 2.24) is 15.3 Å². The van der Waals surface area contributed by atoms with Gasteiger partial charge >= 0.3 is 0 Å². The number of rotatable bonds is 5. The molecule has 1 aliphatic heterocycles. The molecule has 2 rings (SSSR count). The van der Waals surface area contributed by atoms with Crippen molar-refractivity contribution in [3.8, 4) is 0 Å². The summed E-state index contributed by atoms with van der Waals surface area (Å²) in [6.07, 6.45) is 1.05. The number of nitrogens with one attached hydrogen (secondary N) is 2. The summed E-state index contributed by atoms with van der Waals surface area (Å²) < 4.78 is 5.46. The third kappa shape index (κ3) is 4.04. The second-order valence-corrected chi connectivity index (χ2v) is 4.84. The minimum absolute atomic E-state index is 0.447. The summed E-state index contributed by atoms with van der Waals surface area (Å²) in [5.41, 5.74) is 0. The Bertz CT molecular complexity index is 406. The Morgan fingerprint density at radius 1 is 1.53 bits per heavy atom. The van der Waals surface area contributed by atoms with E-state index in [1.54, 1.807) is 0 Å². The Hall–Kier alpha value is -1.40. The summed E-state index contributed by atoms with van der Waals surface area (Å²) in [7, 11) is 3.93. The van der Waals surface area contributed by atoms with Crippen LogP contribution in [0, 0.1) is 6.92 Å². The molecule has 0 amide bonds. The average molecular weight is 265 g/mol. The molecule has 1 aromatic rings. The van der Waals surface area contributed by atoms with Crippen LogP contribution in [0.5, 0.6) is 0 Å². The van der Waals surface area contributed by atoms with E-state index in [1.807, 2.05) is 20.0 Å². The molecule has 1 fully saturated rings. The minimum Gasteiger partial charge on any atom is -0.379 e. The van der Waals surface area contributed by atoms with E-state index in [-0.39, 0.29) is 0 Å². The Morgan fingerprint density at radius 2 is 2.37 bits per heavy atom. The molecule has 0 aliphatic carbocycles. The van der Waals surface area contributed by atoms with Crippen molar-refractivity contribution in [2.75, 3.05) is 50.6 Å². The third-order valence-electron chi connectivity index (χ3n) is 3.28. The van der Waals surface area contributed by atoms with E-state index in [0.717, 1.165) is 50.2 Å². The fraction of sp³-hybridized carbons (Fsp3) is 0.692. The van der Waals surface area contributed by atoms with Crippen LogP contribution in [-0.4, -0.2) is 56.4 Å². The van der Waals surface area contributed by atoms with Crippen molar-refractivity contribution >= 4 is 11.6 Å². The van der Waals surface area contributed by atoms with Crippen molar-refractivity contribution in [1.29, 1.82) is 0 Å². The maximum Gasteiger partial charge on any atom is 0.134 e. The first-order valence-corrected chi connectivity index (χ1v) is 6.74. The average Bonchev–Trinajstić information content (AvgIpc) is 2.45. The molecule has 0 bridgehead atoms. The molecule has 6 heteroatoms. The van der Waals surface area contributed by atoms with Crippen LogP contribution in [-0.2, 0) is 4.74 Å². The van der Waals surface area contributed by atoms with Gasteiger partial charge in [0.25, 0.3) is 0 Å². The second-order valence-electron chi connectivity index (χ2n) is 4.84. The first-order valence-electron chi connectivity index (χ1n) is 6.74. The van der Waals surface area contributed by atoms with E-state index in [9.17, 15) is 0 Å². The predicted octanol–water partition coefficient (Wildman–Crippen LogP) is 0.641. The monoisotopic (exact) mass is 265 g/mol. The topological polar surface area (TPSA) is 62.3 Å². The van der Waals surface area contributed by atoms with Gasteiger partial charge in [0.15, 0.2) is 0 Å². The van der Waals surface area contributed by atoms with Gasteiger partial charge in [-0.1, -0.05) is 0 Å². The van der Waals surface area contributed by atoms with Crippen LogP contribution < -0.4 is 15.5 Å². The second kappa shape index (κ2) is 6.68. The van der Waals surface area contributed by atoms with Crippen LogP contribution in [0.15, 0.2) is 6.07 Å². The van der Waals surface area contributed by atoms with Crippen molar-refractivity contribution in [3.63, 3.8) is 0 Å². The Labute approximate surface area is 114 Å². The quantitative estimate of drug-likeness (QED) is 0.815. The summed E-state index contributed by atoms with van der Waals surface area (Å²) in [5, 5.41) is 6.52. The predicted molar refractivity (Wildman–Crippen MR) is 76.8 cm³/mol. The Balaban J connectivity index is 1.91. The molecule has 0 aromatic carbocycles. The summed E-state index contributed by atoms with van der Waals surface area (Å²) in [5.74, 6) is 2.59. The highest BCUT2D eigenvalue weighted by Gasteiger charge is 2.14. The zero-order valence-corrected chi connectivity index (χ0v) is 11.9. The molecule has 1 aliphatic rings. The van der Waals surface area contributed by atoms with E-state index in [4.69, 9.17) is 4.74 Å². The summed E-state index contributed by atoms with van der Waals surface area (Å²) >= 11 is 0. The van der Waals surface area contributed by atoms with Crippen LogP contribution >= 0.6 is 0 Å². The molecule has 0 radical (unpaired) electrons. The molecular weight excluding hydrogens is 242 g/mol. The van der Waals surface area contributed by atoms with E-state index in [0.29, 0.717) is 6.04 Å². The van der Waals surface area contributed by atoms with Crippen LogP contribution in [0.4, 0.5) is 11.6 Å².